The summed E-state index contributed by atoms with van der Waals surface area (Å²) in [5, 5.41) is 3.90. The molecule has 2 rings (SSSR count). The van der Waals surface area contributed by atoms with Crippen molar-refractivity contribution in [3.8, 4) is 11.4 Å². The van der Waals surface area contributed by atoms with Gasteiger partial charge in [-0.1, -0.05) is 18.0 Å². The Morgan fingerprint density at radius 3 is 2.53 bits per heavy atom. The van der Waals surface area contributed by atoms with Crippen LogP contribution in [0.25, 0.3) is 11.4 Å². The van der Waals surface area contributed by atoms with Crippen LogP contribution in [-0.2, 0) is 6.42 Å². The lowest BCUT2D eigenvalue weighted by Crippen LogP contribution is -1.97. The van der Waals surface area contributed by atoms with Crippen molar-refractivity contribution in [3.63, 3.8) is 0 Å². The summed E-state index contributed by atoms with van der Waals surface area (Å²) < 4.78 is 18.0. The summed E-state index contributed by atoms with van der Waals surface area (Å²) in [6.07, 6.45) is 5.11. The van der Waals surface area contributed by atoms with Crippen molar-refractivity contribution >= 4 is 0 Å². The van der Waals surface area contributed by atoms with Crippen LogP contribution in [0.1, 0.15) is 31.6 Å². The minimum atomic E-state index is -0.271. The largest absolute Gasteiger partial charge is 0.339 e. The Bertz CT molecular complexity index is 496. The van der Waals surface area contributed by atoms with Crippen molar-refractivity contribution in [1.82, 2.24) is 10.1 Å². The van der Waals surface area contributed by atoms with Crippen LogP contribution in [0.3, 0.4) is 0 Å². The minimum Gasteiger partial charge on any atom is -0.339 e. The van der Waals surface area contributed by atoms with Crippen LogP contribution in [0.2, 0.25) is 0 Å². The summed E-state index contributed by atoms with van der Waals surface area (Å²) in [7, 11) is 0. The second kappa shape index (κ2) is 6.99. The summed E-state index contributed by atoms with van der Waals surface area (Å²) in [5.74, 6) is 0.872. The molecule has 0 radical (unpaired) electrons. The van der Waals surface area contributed by atoms with Crippen molar-refractivity contribution in [1.29, 1.82) is 0 Å². The molecule has 102 valence electrons. The monoisotopic (exact) mass is 263 g/mol. The third-order valence-corrected chi connectivity index (χ3v) is 2.92. The van der Waals surface area contributed by atoms with Gasteiger partial charge in [0.05, 0.1) is 0 Å². The van der Waals surface area contributed by atoms with E-state index in [-0.39, 0.29) is 5.82 Å². The van der Waals surface area contributed by atoms with E-state index in [9.17, 15) is 4.39 Å². The summed E-state index contributed by atoms with van der Waals surface area (Å²) in [6.45, 7) is 0.745. The zero-order valence-corrected chi connectivity index (χ0v) is 10.8. The molecule has 2 N–H and O–H groups in total. The second-order valence-electron chi connectivity index (χ2n) is 4.47. The molecule has 0 unspecified atom stereocenters. The Morgan fingerprint density at radius 1 is 1.05 bits per heavy atom. The number of benzene rings is 1. The molecular weight excluding hydrogens is 245 g/mol. The van der Waals surface area contributed by atoms with Gasteiger partial charge in [-0.3, -0.25) is 0 Å². The fraction of sp³-hybridized carbons (Fsp3) is 0.429. The zero-order chi connectivity index (χ0) is 13.5. The van der Waals surface area contributed by atoms with Gasteiger partial charge < -0.3 is 10.3 Å². The Morgan fingerprint density at radius 2 is 1.79 bits per heavy atom. The predicted molar refractivity (Wildman–Crippen MR) is 70.9 cm³/mol. The van der Waals surface area contributed by atoms with Gasteiger partial charge >= 0.3 is 0 Å². The number of aryl methyl sites for hydroxylation is 1. The molecule has 0 fully saturated rings. The Kier molecular flexibility index (Phi) is 5.03. The van der Waals surface area contributed by atoms with Crippen LogP contribution in [0, 0.1) is 5.82 Å². The van der Waals surface area contributed by atoms with Crippen LogP contribution in [0.5, 0.6) is 0 Å². The third-order valence-electron chi connectivity index (χ3n) is 2.92. The van der Waals surface area contributed by atoms with Gasteiger partial charge in [-0.2, -0.15) is 4.98 Å². The van der Waals surface area contributed by atoms with Gasteiger partial charge in [0.25, 0.3) is 0 Å². The highest BCUT2D eigenvalue weighted by atomic mass is 19.1. The van der Waals surface area contributed by atoms with Crippen LogP contribution < -0.4 is 5.73 Å². The second-order valence-corrected chi connectivity index (χ2v) is 4.47. The Hall–Kier alpha value is -1.75. The third kappa shape index (κ3) is 4.13. The van der Waals surface area contributed by atoms with E-state index in [1.807, 2.05) is 0 Å². The molecule has 0 spiro atoms. The normalized spacial score (nSPS) is 10.8. The van der Waals surface area contributed by atoms with E-state index in [4.69, 9.17) is 10.3 Å². The van der Waals surface area contributed by atoms with E-state index in [0.29, 0.717) is 11.7 Å². The molecule has 0 atom stereocenters. The van der Waals surface area contributed by atoms with Crippen LogP contribution >= 0.6 is 0 Å². The molecule has 0 amide bonds. The van der Waals surface area contributed by atoms with Crippen molar-refractivity contribution in [3.05, 3.63) is 36.0 Å². The molecule has 1 aromatic carbocycles. The van der Waals surface area contributed by atoms with Gasteiger partial charge in [-0.15, -0.1) is 0 Å². The number of rotatable bonds is 7. The number of unbranched alkanes of at least 4 members (excludes halogenated alkanes) is 3. The number of nitrogens with two attached hydrogens (primary N) is 1. The average Bonchev–Trinajstić information content (AvgIpc) is 2.88. The lowest BCUT2D eigenvalue weighted by molar-refractivity contribution is 0.374. The Labute approximate surface area is 111 Å². The molecular formula is C14H18FN3O. The molecule has 0 aliphatic rings. The number of hydrogen-bond donors (Lipinski definition) is 1. The highest BCUT2D eigenvalue weighted by molar-refractivity contribution is 5.53. The highest BCUT2D eigenvalue weighted by Crippen LogP contribution is 2.17. The molecule has 4 nitrogen and oxygen atoms in total. The molecule has 1 heterocycles. The molecule has 0 bridgehead atoms. The molecule has 5 heteroatoms. The van der Waals surface area contributed by atoms with Crippen molar-refractivity contribution in [2.45, 2.75) is 32.1 Å². The maximum absolute atomic E-state index is 12.8. The van der Waals surface area contributed by atoms with E-state index in [1.54, 1.807) is 12.1 Å². The minimum absolute atomic E-state index is 0.271. The van der Waals surface area contributed by atoms with Gasteiger partial charge in [0.2, 0.25) is 11.7 Å². The Balaban J connectivity index is 1.86. The first-order chi connectivity index (χ1) is 9.29. The number of halogens is 1. The van der Waals surface area contributed by atoms with Crippen LogP contribution in [0.15, 0.2) is 28.8 Å². The van der Waals surface area contributed by atoms with E-state index in [2.05, 4.69) is 10.1 Å². The topological polar surface area (TPSA) is 64.9 Å². The van der Waals surface area contributed by atoms with Gasteiger partial charge in [0, 0.05) is 12.0 Å². The molecule has 19 heavy (non-hydrogen) atoms. The van der Waals surface area contributed by atoms with E-state index < -0.39 is 0 Å². The zero-order valence-electron chi connectivity index (χ0n) is 10.8. The maximum atomic E-state index is 12.8. The van der Waals surface area contributed by atoms with Gasteiger partial charge in [-0.25, -0.2) is 4.39 Å². The number of nitrogens with zero attached hydrogens (tertiary/aromatic N) is 2. The lowest BCUT2D eigenvalue weighted by atomic mass is 10.1. The predicted octanol–water partition coefficient (Wildman–Crippen LogP) is 2.94. The van der Waals surface area contributed by atoms with Gasteiger partial charge in [0.1, 0.15) is 5.82 Å². The first kappa shape index (κ1) is 13.7. The van der Waals surface area contributed by atoms with Crippen LogP contribution in [0.4, 0.5) is 4.39 Å². The molecule has 1 aromatic heterocycles. The van der Waals surface area contributed by atoms with Gasteiger partial charge in [0.15, 0.2) is 0 Å². The smallest absolute Gasteiger partial charge is 0.226 e. The molecule has 0 aliphatic carbocycles. The van der Waals surface area contributed by atoms with E-state index >= 15 is 0 Å². The molecule has 0 saturated carbocycles. The summed E-state index contributed by atoms with van der Waals surface area (Å²) in [4.78, 5) is 4.30. The fourth-order valence-electron chi connectivity index (χ4n) is 1.85. The first-order valence-electron chi connectivity index (χ1n) is 6.58. The fourth-order valence-corrected chi connectivity index (χ4v) is 1.85. The standard InChI is InChI=1S/C14H18FN3O/c15-12-8-6-11(7-9-12)14-17-13(19-18-14)5-3-1-2-4-10-16/h6-9H,1-5,10,16H2. The van der Waals surface area contributed by atoms with Gasteiger partial charge in [-0.05, 0) is 43.7 Å². The molecule has 0 aliphatic heterocycles. The number of hydrogen-bond acceptors (Lipinski definition) is 4. The number of aromatic nitrogens is 2. The molecule has 0 saturated heterocycles. The average molecular weight is 263 g/mol. The first-order valence-corrected chi connectivity index (χ1v) is 6.58. The quantitative estimate of drug-likeness (QED) is 0.780. The SMILES string of the molecule is NCCCCCCc1nc(-c2ccc(F)cc2)no1. The summed E-state index contributed by atoms with van der Waals surface area (Å²) >= 11 is 0. The van der Waals surface area contributed by atoms with E-state index in [0.717, 1.165) is 44.2 Å². The van der Waals surface area contributed by atoms with Crippen molar-refractivity contribution in [2.75, 3.05) is 6.54 Å². The summed E-state index contributed by atoms with van der Waals surface area (Å²) in [5.41, 5.74) is 6.20. The van der Waals surface area contributed by atoms with Crippen molar-refractivity contribution < 1.29 is 8.91 Å². The molecule has 2 aromatic rings. The van der Waals surface area contributed by atoms with Crippen molar-refractivity contribution in [2.24, 2.45) is 5.73 Å². The highest BCUT2D eigenvalue weighted by Gasteiger charge is 2.08. The summed E-state index contributed by atoms with van der Waals surface area (Å²) in [6, 6.07) is 6.06. The van der Waals surface area contributed by atoms with E-state index in [1.165, 1.54) is 12.1 Å². The maximum Gasteiger partial charge on any atom is 0.226 e. The lowest BCUT2D eigenvalue weighted by Gasteiger charge is -1.96. The van der Waals surface area contributed by atoms with Crippen LogP contribution in [-0.4, -0.2) is 16.7 Å².